The van der Waals surface area contributed by atoms with Gasteiger partial charge in [-0.2, -0.15) is 13.2 Å². The lowest BCUT2D eigenvalue weighted by molar-refractivity contribution is -0.276. The molecule has 0 aromatic heterocycles. The largest absolute Gasteiger partial charge is 0.420 e. The van der Waals surface area contributed by atoms with Crippen LogP contribution in [0.1, 0.15) is 6.92 Å². The van der Waals surface area contributed by atoms with Crippen LogP contribution < -0.4 is 10.6 Å². The van der Waals surface area contributed by atoms with E-state index < -0.39 is 28.3 Å². The molecule has 0 saturated heterocycles. The summed E-state index contributed by atoms with van der Waals surface area (Å²) < 4.78 is 61.3. The molecule has 1 aromatic rings. The lowest BCUT2D eigenvalue weighted by Gasteiger charge is -2.29. The number of alkyl halides is 3. The summed E-state index contributed by atoms with van der Waals surface area (Å²) >= 11 is 0. The first kappa shape index (κ1) is 15.9. The molecule has 3 N–H and O–H groups in total. The maximum absolute atomic E-state index is 12.6. The number of halogens is 3. The smallest absolute Gasteiger partial charge is 0.327 e. The molecule has 0 bridgehead atoms. The maximum Gasteiger partial charge on any atom is 0.420 e. The van der Waals surface area contributed by atoms with Gasteiger partial charge in [0.15, 0.2) is 5.60 Å². The van der Waals surface area contributed by atoms with E-state index in [1.807, 2.05) is 0 Å². The van der Waals surface area contributed by atoms with Crippen molar-refractivity contribution in [1.82, 2.24) is 4.89 Å². The fourth-order valence-corrected chi connectivity index (χ4v) is 1.92. The summed E-state index contributed by atoms with van der Waals surface area (Å²) in [6, 6.07) is 6.87. The standard InChI is InChI=1S/C10H13F3N2O3S/c1-9(7-14,10(11,12)13)18-15-19(16,17)8-5-3-2-4-6-8/h2-6,15H,7,14H2,1H3. The van der Waals surface area contributed by atoms with Crippen molar-refractivity contribution in [2.75, 3.05) is 6.54 Å². The van der Waals surface area contributed by atoms with Crippen molar-refractivity contribution in [3.8, 4) is 0 Å². The molecule has 0 heterocycles. The van der Waals surface area contributed by atoms with Crippen molar-refractivity contribution < 1.29 is 26.4 Å². The van der Waals surface area contributed by atoms with E-state index in [4.69, 9.17) is 5.73 Å². The van der Waals surface area contributed by atoms with Gasteiger partial charge in [-0.15, -0.1) is 0 Å². The van der Waals surface area contributed by atoms with Crippen LogP contribution in [0.15, 0.2) is 35.2 Å². The summed E-state index contributed by atoms with van der Waals surface area (Å²) in [5, 5.41) is 0. The van der Waals surface area contributed by atoms with Crippen molar-refractivity contribution >= 4 is 10.0 Å². The zero-order chi connectivity index (χ0) is 14.7. The molecule has 0 saturated carbocycles. The molecule has 1 unspecified atom stereocenters. The van der Waals surface area contributed by atoms with Gasteiger partial charge in [0.1, 0.15) is 0 Å². The third kappa shape index (κ3) is 3.66. The Morgan fingerprint density at radius 3 is 2.21 bits per heavy atom. The van der Waals surface area contributed by atoms with E-state index in [0.29, 0.717) is 6.92 Å². The predicted octanol–water partition coefficient (Wildman–Crippen LogP) is 1.18. The third-order valence-corrected chi connectivity index (χ3v) is 3.61. The Balaban J connectivity index is 2.87. The van der Waals surface area contributed by atoms with Crippen LogP contribution >= 0.6 is 0 Å². The van der Waals surface area contributed by atoms with Crippen molar-refractivity contribution in [3.63, 3.8) is 0 Å². The molecule has 19 heavy (non-hydrogen) atoms. The molecule has 9 heteroatoms. The molecule has 0 amide bonds. The maximum atomic E-state index is 12.6. The van der Waals surface area contributed by atoms with Crippen LogP contribution in [0.2, 0.25) is 0 Å². The van der Waals surface area contributed by atoms with Gasteiger partial charge in [-0.3, -0.25) is 4.84 Å². The van der Waals surface area contributed by atoms with Gasteiger partial charge >= 0.3 is 6.18 Å². The van der Waals surface area contributed by atoms with Gasteiger partial charge in [0.05, 0.1) is 4.90 Å². The quantitative estimate of drug-likeness (QED) is 0.800. The Hall–Kier alpha value is -1.16. The van der Waals surface area contributed by atoms with Crippen molar-refractivity contribution in [2.45, 2.75) is 23.6 Å². The molecule has 0 radical (unpaired) electrons. The lowest BCUT2D eigenvalue weighted by Crippen LogP contribution is -2.54. The molecule has 0 aliphatic carbocycles. The molecule has 0 aliphatic heterocycles. The second-order valence-electron chi connectivity index (χ2n) is 3.93. The van der Waals surface area contributed by atoms with Gasteiger partial charge in [-0.1, -0.05) is 23.1 Å². The van der Waals surface area contributed by atoms with E-state index in [1.165, 1.54) is 29.2 Å². The van der Waals surface area contributed by atoms with E-state index in [-0.39, 0.29) is 4.90 Å². The van der Waals surface area contributed by atoms with Crippen molar-refractivity contribution in [2.24, 2.45) is 5.73 Å². The molecule has 1 aromatic carbocycles. The minimum absolute atomic E-state index is 0.212. The van der Waals surface area contributed by atoms with Crippen LogP contribution in [-0.4, -0.2) is 26.7 Å². The van der Waals surface area contributed by atoms with Gasteiger partial charge in [0.2, 0.25) is 0 Å². The fraction of sp³-hybridized carbons (Fsp3) is 0.400. The monoisotopic (exact) mass is 298 g/mol. The highest BCUT2D eigenvalue weighted by Crippen LogP contribution is 2.32. The lowest BCUT2D eigenvalue weighted by atomic mass is 10.1. The van der Waals surface area contributed by atoms with Crippen LogP contribution in [-0.2, 0) is 14.9 Å². The Kier molecular flexibility index (Phi) is 4.56. The average Bonchev–Trinajstić information content (AvgIpc) is 2.36. The van der Waals surface area contributed by atoms with E-state index in [9.17, 15) is 21.6 Å². The second-order valence-corrected chi connectivity index (χ2v) is 5.58. The van der Waals surface area contributed by atoms with Crippen molar-refractivity contribution in [1.29, 1.82) is 0 Å². The summed E-state index contributed by atoms with van der Waals surface area (Å²) in [6.07, 6.45) is -4.80. The summed E-state index contributed by atoms with van der Waals surface area (Å²) in [4.78, 5) is 5.51. The van der Waals surface area contributed by atoms with E-state index in [0.717, 1.165) is 0 Å². The predicted molar refractivity (Wildman–Crippen MR) is 61.4 cm³/mol. The van der Waals surface area contributed by atoms with Crippen LogP contribution in [0.25, 0.3) is 0 Å². The van der Waals surface area contributed by atoms with Gasteiger partial charge in [0.25, 0.3) is 10.0 Å². The van der Waals surface area contributed by atoms with Gasteiger partial charge < -0.3 is 5.73 Å². The third-order valence-electron chi connectivity index (χ3n) is 2.42. The zero-order valence-electron chi connectivity index (χ0n) is 9.94. The minimum Gasteiger partial charge on any atom is -0.327 e. The van der Waals surface area contributed by atoms with Crippen LogP contribution in [0.4, 0.5) is 13.2 Å². The molecule has 0 fully saturated rings. The van der Waals surface area contributed by atoms with E-state index in [1.54, 1.807) is 6.07 Å². The molecule has 108 valence electrons. The van der Waals surface area contributed by atoms with Crippen LogP contribution in [0, 0.1) is 0 Å². The zero-order valence-corrected chi connectivity index (χ0v) is 10.8. The number of nitrogens with one attached hydrogen (secondary N) is 1. The molecule has 1 rings (SSSR count). The van der Waals surface area contributed by atoms with Gasteiger partial charge in [-0.25, -0.2) is 8.42 Å². The van der Waals surface area contributed by atoms with Crippen LogP contribution in [0.3, 0.4) is 0 Å². The molecule has 0 aliphatic rings. The van der Waals surface area contributed by atoms with Gasteiger partial charge in [0, 0.05) is 6.54 Å². The first-order valence-electron chi connectivity index (χ1n) is 5.14. The average molecular weight is 298 g/mol. The number of hydrogen-bond acceptors (Lipinski definition) is 4. The SMILES string of the molecule is CC(CN)(ONS(=O)(=O)c1ccccc1)C(F)(F)F. The highest BCUT2D eigenvalue weighted by atomic mass is 32.2. The Bertz CT molecular complexity index is 519. The minimum atomic E-state index is -4.80. The van der Waals surface area contributed by atoms with Crippen molar-refractivity contribution in [3.05, 3.63) is 30.3 Å². The topological polar surface area (TPSA) is 81.4 Å². The summed E-state index contributed by atoms with van der Waals surface area (Å²) in [7, 11) is -4.19. The molecule has 0 spiro atoms. The Morgan fingerprint density at radius 2 is 1.79 bits per heavy atom. The fourth-order valence-electron chi connectivity index (χ4n) is 1.01. The number of hydrogen-bond donors (Lipinski definition) is 2. The number of benzene rings is 1. The first-order chi connectivity index (χ1) is 8.62. The second kappa shape index (κ2) is 5.45. The number of sulfonamides is 1. The number of nitrogens with two attached hydrogens (primary N) is 1. The normalized spacial score (nSPS) is 16.1. The highest BCUT2D eigenvalue weighted by Gasteiger charge is 2.52. The number of rotatable bonds is 5. The summed E-state index contributed by atoms with van der Waals surface area (Å²) in [6.45, 7) is -0.270. The molecular formula is C10H13F3N2O3S. The molecular weight excluding hydrogens is 285 g/mol. The summed E-state index contributed by atoms with van der Waals surface area (Å²) in [5.74, 6) is 0. The Labute approximate surface area is 108 Å². The Morgan fingerprint density at radius 1 is 1.26 bits per heavy atom. The first-order valence-corrected chi connectivity index (χ1v) is 6.62. The van der Waals surface area contributed by atoms with Crippen LogP contribution in [0.5, 0.6) is 0 Å². The molecule has 5 nitrogen and oxygen atoms in total. The highest BCUT2D eigenvalue weighted by molar-refractivity contribution is 7.89. The molecule has 1 atom stereocenters. The van der Waals surface area contributed by atoms with Gasteiger partial charge in [-0.05, 0) is 19.1 Å². The van der Waals surface area contributed by atoms with E-state index >= 15 is 0 Å². The summed E-state index contributed by atoms with van der Waals surface area (Å²) in [5.41, 5.74) is 2.18. The van der Waals surface area contributed by atoms with E-state index in [2.05, 4.69) is 4.84 Å².